The van der Waals surface area contributed by atoms with Crippen molar-refractivity contribution in [2.75, 3.05) is 0 Å². The first kappa shape index (κ1) is 10.0. The number of hydrogen-bond acceptors (Lipinski definition) is 1. The number of nitrogens with zero attached hydrogens (tertiary/aromatic N) is 2. The number of allylic oxidation sites excluding steroid dienone is 1. The van der Waals surface area contributed by atoms with Gasteiger partial charge in [-0.25, -0.2) is 4.98 Å². The summed E-state index contributed by atoms with van der Waals surface area (Å²) in [5, 5.41) is 0. The van der Waals surface area contributed by atoms with Crippen LogP contribution in [0.4, 0.5) is 0 Å². The molecule has 0 aliphatic rings. The van der Waals surface area contributed by atoms with Gasteiger partial charge < -0.3 is 4.57 Å². The summed E-state index contributed by atoms with van der Waals surface area (Å²) in [6.45, 7) is 9.66. The number of aromatic nitrogens is 2. The van der Waals surface area contributed by atoms with Crippen LogP contribution in [-0.4, -0.2) is 9.55 Å². The molecule has 1 aromatic rings. The predicted octanol–water partition coefficient (Wildman–Crippen LogP) is 2.96. The van der Waals surface area contributed by atoms with Crippen molar-refractivity contribution in [3.8, 4) is 0 Å². The van der Waals surface area contributed by atoms with Gasteiger partial charge in [-0.1, -0.05) is 19.4 Å². The van der Waals surface area contributed by atoms with E-state index < -0.39 is 0 Å². The number of imidazole rings is 1. The van der Waals surface area contributed by atoms with Crippen LogP contribution in [-0.2, 0) is 6.54 Å². The molecular formula is C11H18N2. The van der Waals surface area contributed by atoms with Crippen LogP contribution in [0.5, 0.6) is 0 Å². The maximum atomic E-state index is 4.30. The van der Waals surface area contributed by atoms with Crippen molar-refractivity contribution in [3.63, 3.8) is 0 Å². The second-order valence-corrected chi connectivity index (χ2v) is 3.61. The third-order valence-corrected chi connectivity index (χ3v) is 2.36. The third kappa shape index (κ3) is 2.44. The first-order valence-electron chi connectivity index (χ1n) is 4.84. The summed E-state index contributed by atoms with van der Waals surface area (Å²) in [6, 6.07) is 0. The van der Waals surface area contributed by atoms with E-state index in [0.717, 1.165) is 12.4 Å². The highest BCUT2D eigenvalue weighted by molar-refractivity contribution is 5.45. The van der Waals surface area contributed by atoms with E-state index in [1.54, 1.807) is 0 Å². The minimum Gasteiger partial charge on any atom is -0.332 e. The van der Waals surface area contributed by atoms with Crippen molar-refractivity contribution in [2.24, 2.45) is 5.92 Å². The predicted molar refractivity (Wildman–Crippen MR) is 56.4 cm³/mol. The van der Waals surface area contributed by atoms with Crippen LogP contribution in [0.25, 0.3) is 6.08 Å². The fourth-order valence-electron chi connectivity index (χ4n) is 1.10. The third-order valence-electron chi connectivity index (χ3n) is 2.36. The molecule has 0 aliphatic carbocycles. The normalized spacial score (nSPS) is 12.5. The summed E-state index contributed by atoms with van der Waals surface area (Å²) in [5.41, 5.74) is 1.38. The van der Waals surface area contributed by atoms with Crippen molar-refractivity contribution in [3.05, 3.63) is 23.8 Å². The summed E-state index contributed by atoms with van der Waals surface area (Å²) in [4.78, 5) is 4.30. The average Bonchev–Trinajstić information content (AvgIpc) is 2.51. The molecule has 1 heterocycles. The van der Waals surface area contributed by atoms with Crippen LogP contribution in [0, 0.1) is 5.92 Å². The van der Waals surface area contributed by atoms with Crippen molar-refractivity contribution in [1.82, 2.24) is 9.55 Å². The lowest BCUT2D eigenvalue weighted by atomic mass is 10.1. The van der Waals surface area contributed by atoms with Crippen LogP contribution in [0.2, 0.25) is 0 Å². The van der Waals surface area contributed by atoms with Crippen LogP contribution in [0.3, 0.4) is 0 Å². The maximum Gasteiger partial charge on any atom is 0.132 e. The zero-order chi connectivity index (χ0) is 9.84. The lowest BCUT2D eigenvalue weighted by molar-refractivity contribution is 0.743. The highest BCUT2D eigenvalue weighted by atomic mass is 15.0. The van der Waals surface area contributed by atoms with E-state index in [-0.39, 0.29) is 0 Å². The monoisotopic (exact) mass is 178 g/mol. The van der Waals surface area contributed by atoms with Crippen molar-refractivity contribution >= 4 is 6.08 Å². The molecule has 72 valence electrons. The highest BCUT2D eigenvalue weighted by Crippen LogP contribution is 2.12. The summed E-state index contributed by atoms with van der Waals surface area (Å²) < 4.78 is 2.14. The zero-order valence-corrected chi connectivity index (χ0v) is 8.91. The molecule has 0 saturated carbocycles. The Morgan fingerprint density at radius 3 is 2.85 bits per heavy atom. The molecule has 1 rings (SSSR count). The topological polar surface area (TPSA) is 17.8 Å². The highest BCUT2D eigenvalue weighted by Gasteiger charge is 2.00. The Bertz CT molecular complexity index is 295. The summed E-state index contributed by atoms with van der Waals surface area (Å²) in [5.74, 6) is 1.66. The van der Waals surface area contributed by atoms with Crippen LogP contribution in [0.15, 0.2) is 18.0 Å². The van der Waals surface area contributed by atoms with Gasteiger partial charge in [-0.2, -0.15) is 0 Å². The van der Waals surface area contributed by atoms with Crippen LogP contribution in [0.1, 0.15) is 33.5 Å². The van der Waals surface area contributed by atoms with Crippen molar-refractivity contribution in [1.29, 1.82) is 0 Å². The van der Waals surface area contributed by atoms with E-state index in [1.165, 1.54) is 5.57 Å². The van der Waals surface area contributed by atoms with Gasteiger partial charge in [0.15, 0.2) is 0 Å². The van der Waals surface area contributed by atoms with E-state index in [4.69, 9.17) is 0 Å². The Hall–Kier alpha value is -1.05. The Kier molecular flexibility index (Phi) is 3.29. The Morgan fingerprint density at radius 1 is 1.62 bits per heavy atom. The van der Waals surface area contributed by atoms with Crippen molar-refractivity contribution in [2.45, 2.75) is 34.2 Å². The Morgan fingerprint density at radius 2 is 2.31 bits per heavy atom. The van der Waals surface area contributed by atoms with Gasteiger partial charge >= 0.3 is 0 Å². The van der Waals surface area contributed by atoms with Gasteiger partial charge in [0.05, 0.1) is 0 Å². The van der Waals surface area contributed by atoms with Gasteiger partial charge in [0, 0.05) is 18.9 Å². The van der Waals surface area contributed by atoms with E-state index in [1.807, 2.05) is 12.4 Å². The molecule has 0 saturated heterocycles. The number of rotatable bonds is 3. The quantitative estimate of drug-likeness (QED) is 0.695. The molecule has 0 unspecified atom stereocenters. The SMILES string of the molecule is CCn1ccnc1/C=C(\C)C(C)C. The van der Waals surface area contributed by atoms with E-state index in [9.17, 15) is 0 Å². The molecule has 0 fully saturated rings. The Labute approximate surface area is 80.3 Å². The molecule has 0 aromatic carbocycles. The molecule has 0 aliphatic heterocycles. The lowest BCUT2D eigenvalue weighted by Gasteiger charge is -2.05. The van der Waals surface area contributed by atoms with Crippen LogP contribution < -0.4 is 0 Å². The minimum absolute atomic E-state index is 0.599. The molecule has 1 aromatic heterocycles. The molecule has 0 spiro atoms. The molecule has 0 amide bonds. The second kappa shape index (κ2) is 4.26. The number of aryl methyl sites for hydroxylation is 1. The van der Waals surface area contributed by atoms with E-state index in [0.29, 0.717) is 5.92 Å². The van der Waals surface area contributed by atoms with Crippen LogP contribution >= 0.6 is 0 Å². The molecule has 0 bridgehead atoms. The average molecular weight is 178 g/mol. The van der Waals surface area contributed by atoms with Gasteiger partial charge in [0.25, 0.3) is 0 Å². The van der Waals surface area contributed by atoms with Gasteiger partial charge in [-0.3, -0.25) is 0 Å². The van der Waals surface area contributed by atoms with Gasteiger partial charge in [0.2, 0.25) is 0 Å². The molecule has 0 N–H and O–H groups in total. The first-order valence-corrected chi connectivity index (χ1v) is 4.84. The zero-order valence-electron chi connectivity index (χ0n) is 8.91. The fourth-order valence-corrected chi connectivity index (χ4v) is 1.10. The molecule has 0 atom stereocenters. The second-order valence-electron chi connectivity index (χ2n) is 3.61. The van der Waals surface area contributed by atoms with E-state index in [2.05, 4.69) is 43.3 Å². The molecule has 0 radical (unpaired) electrons. The first-order chi connectivity index (χ1) is 6.15. The smallest absolute Gasteiger partial charge is 0.132 e. The van der Waals surface area contributed by atoms with Gasteiger partial charge in [-0.15, -0.1) is 0 Å². The summed E-state index contributed by atoms with van der Waals surface area (Å²) in [7, 11) is 0. The van der Waals surface area contributed by atoms with E-state index >= 15 is 0 Å². The summed E-state index contributed by atoms with van der Waals surface area (Å²) >= 11 is 0. The maximum absolute atomic E-state index is 4.30. The minimum atomic E-state index is 0.599. The van der Waals surface area contributed by atoms with Gasteiger partial charge in [-0.05, 0) is 25.8 Å². The van der Waals surface area contributed by atoms with Gasteiger partial charge in [0.1, 0.15) is 5.82 Å². The molecule has 13 heavy (non-hydrogen) atoms. The molecular weight excluding hydrogens is 160 g/mol. The fraction of sp³-hybridized carbons (Fsp3) is 0.545. The van der Waals surface area contributed by atoms with Crippen molar-refractivity contribution < 1.29 is 0 Å². The lowest BCUT2D eigenvalue weighted by Crippen LogP contribution is -1.97. The number of hydrogen-bond donors (Lipinski definition) is 0. The molecule has 2 nitrogen and oxygen atoms in total. The largest absolute Gasteiger partial charge is 0.332 e. The Balaban J connectivity index is 2.89. The molecule has 2 heteroatoms. The summed E-state index contributed by atoms with van der Waals surface area (Å²) in [6.07, 6.45) is 6.02. The standard InChI is InChI=1S/C11H18N2/c1-5-13-7-6-12-11(13)8-10(4)9(2)3/h6-9H,5H2,1-4H3/b10-8+.